The molecule has 66 valence electrons. The van der Waals surface area contributed by atoms with Gasteiger partial charge in [0.05, 0.1) is 11.9 Å². The van der Waals surface area contributed by atoms with E-state index in [9.17, 15) is 0 Å². The van der Waals surface area contributed by atoms with Gasteiger partial charge in [-0.05, 0) is 28.1 Å². The first-order valence-corrected chi connectivity index (χ1v) is 4.74. The van der Waals surface area contributed by atoms with Gasteiger partial charge in [0.1, 0.15) is 16.1 Å². The quantitative estimate of drug-likeness (QED) is 0.736. The molecule has 2 aromatic heterocycles. The molecule has 0 radical (unpaired) electrons. The monoisotopic (exact) mass is 257 g/mol. The maximum absolute atomic E-state index is 5.66. The number of rotatable bonds is 1. The van der Waals surface area contributed by atoms with Crippen LogP contribution in [0.2, 0.25) is 5.15 Å². The van der Waals surface area contributed by atoms with Crippen molar-refractivity contribution in [2.75, 3.05) is 0 Å². The number of hydrogen-bond donors (Lipinski definition) is 0. The van der Waals surface area contributed by atoms with Crippen LogP contribution in [0.1, 0.15) is 0 Å². The summed E-state index contributed by atoms with van der Waals surface area (Å²) in [5.41, 5.74) is 0.933. The molecule has 0 unspecified atom stereocenters. The number of pyridine rings is 1. The van der Waals surface area contributed by atoms with Gasteiger partial charge in [-0.2, -0.15) is 0 Å². The molecule has 0 aliphatic carbocycles. The standard InChI is InChI=1S/C8H5BrClN3/c9-7-4-13(5-12-7)6-1-2-8(10)11-3-6/h1-5H. The van der Waals surface area contributed by atoms with Gasteiger partial charge >= 0.3 is 0 Å². The molecule has 0 aliphatic rings. The Morgan fingerprint density at radius 3 is 2.69 bits per heavy atom. The number of hydrogen-bond acceptors (Lipinski definition) is 2. The molecule has 0 bridgehead atoms. The first-order chi connectivity index (χ1) is 6.25. The number of aromatic nitrogens is 3. The highest BCUT2D eigenvalue weighted by Crippen LogP contribution is 2.12. The molecule has 0 atom stereocenters. The summed E-state index contributed by atoms with van der Waals surface area (Å²) >= 11 is 8.92. The molecular weight excluding hydrogens is 253 g/mol. The first kappa shape index (κ1) is 8.72. The normalized spacial score (nSPS) is 10.3. The van der Waals surface area contributed by atoms with Gasteiger partial charge < -0.3 is 4.57 Å². The van der Waals surface area contributed by atoms with Crippen LogP contribution in [-0.4, -0.2) is 14.5 Å². The van der Waals surface area contributed by atoms with E-state index in [0.29, 0.717) is 5.15 Å². The number of nitrogens with zero attached hydrogens (tertiary/aromatic N) is 3. The van der Waals surface area contributed by atoms with Crippen LogP contribution in [0.4, 0.5) is 0 Å². The third-order valence-electron chi connectivity index (χ3n) is 1.56. The molecule has 0 saturated carbocycles. The van der Waals surface area contributed by atoms with E-state index in [1.807, 2.05) is 16.8 Å². The lowest BCUT2D eigenvalue weighted by Crippen LogP contribution is -1.89. The minimum absolute atomic E-state index is 0.489. The molecule has 0 saturated heterocycles. The second kappa shape index (κ2) is 3.47. The highest BCUT2D eigenvalue weighted by molar-refractivity contribution is 9.10. The average Bonchev–Trinajstić information content (AvgIpc) is 2.53. The summed E-state index contributed by atoms with van der Waals surface area (Å²) in [5.74, 6) is 0. The Labute approximate surface area is 88.5 Å². The van der Waals surface area contributed by atoms with Crippen LogP contribution < -0.4 is 0 Å². The van der Waals surface area contributed by atoms with E-state index in [-0.39, 0.29) is 0 Å². The predicted octanol–water partition coefficient (Wildman–Crippen LogP) is 2.68. The summed E-state index contributed by atoms with van der Waals surface area (Å²) in [6, 6.07) is 3.62. The van der Waals surface area contributed by atoms with Crippen molar-refractivity contribution in [3.05, 3.63) is 40.6 Å². The van der Waals surface area contributed by atoms with Crippen LogP contribution in [-0.2, 0) is 0 Å². The molecule has 0 amide bonds. The Balaban J connectivity index is 2.41. The summed E-state index contributed by atoms with van der Waals surface area (Å²) in [4.78, 5) is 8.00. The molecular formula is C8H5BrClN3. The Morgan fingerprint density at radius 2 is 2.15 bits per heavy atom. The predicted molar refractivity (Wildman–Crippen MR) is 54.1 cm³/mol. The van der Waals surface area contributed by atoms with Crippen LogP contribution in [0.3, 0.4) is 0 Å². The van der Waals surface area contributed by atoms with Gasteiger partial charge in [-0.25, -0.2) is 9.97 Å². The smallest absolute Gasteiger partial charge is 0.129 e. The van der Waals surface area contributed by atoms with E-state index in [4.69, 9.17) is 11.6 Å². The molecule has 0 aliphatic heterocycles. The van der Waals surface area contributed by atoms with Gasteiger partial charge in [0.25, 0.3) is 0 Å². The van der Waals surface area contributed by atoms with Gasteiger partial charge in [0, 0.05) is 6.20 Å². The van der Waals surface area contributed by atoms with Gasteiger partial charge in [-0.15, -0.1) is 0 Å². The SMILES string of the molecule is Clc1ccc(-n2cnc(Br)c2)cn1. The van der Waals surface area contributed by atoms with Crippen molar-refractivity contribution in [2.45, 2.75) is 0 Å². The summed E-state index contributed by atoms with van der Waals surface area (Å²) in [7, 11) is 0. The fraction of sp³-hybridized carbons (Fsp3) is 0. The van der Waals surface area contributed by atoms with Gasteiger partial charge in [-0.1, -0.05) is 11.6 Å². The zero-order valence-electron chi connectivity index (χ0n) is 6.48. The van der Waals surface area contributed by atoms with Crippen molar-refractivity contribution in [3.8, 4) is 5.69 Å². The van der Waals surface area contributed by atoms with Gasteiger partial charge in [0.15, 0.2) is 0 Å². The lowest BCUT2D eigenvalue weighted by atomic mass is 10.4. The number of imidazole rings is 1. The molecule has 2 rings (SSSR count). The lowest BCUT2D eigenvalue weighted by molar-refractivity contribution is 1.04. The first-order valence-electron chi connectivity index (χ1n) is 3.57. The van der Waals surface area contributed by atoms with E-state index in [1.54, 1.807) is 18.6 Å². The highest BCUT2D eigenvalue weighted by atomic mass is 79.9. The maximum atomic E-state index is 5.66. The van der Waals surface area contributed by atoms with Crippen molar-refractivity contribution in [1.29, 1.82) is 0 Å². The number of halogens is 2. The second-order valence-corrected chi connectivity index (χ2v) is 3.64. The van der Waals surface area contributed by atoms with Gasteiger partial charge in [0.2, 0.25) is 0 Å². The summed E-state index contributed by atoms with van der Waals surface area (Å²) in [6.45, 7) is 0. The molecule has 0 fully saturated rings. The van der Waals surface area contributed by atoms with Crippen molar-refractivity contribution in [1.82, 2.24) is 14.5 Å². The minimum atomic E-state index is 0.489. The van der Waals surface area contributed by atoms with Crippen molar-refractivity contribution < 1.29 is 0 Å². The average molecular weight is 259 g/mol. The molecule has 2 heterocycles. The maximum Gasteiger partial charge on any atom is 0.129 e. The van der Waals surface area contributed by atoms with E-state index >= 15 is 0 Å². The topological polar surface area (TPSA) is 30.7 Å². The van der Waals surface area contributed by atoms with Crippen LogP contribution >= 0.6 is 27.5 Å². The van der Waals surface area contributed by atoms with Crippen LogP contribution in [0.25, 0.3) is 5.69 Å². The zero-order valence-corrected chi connectivity index (χ0v) is 8.83. The highest BCUT2D eigenvalue weighted by Gasteiger charge is 1.97. The fourth-order valence-electron chi connectivity index (χ4n) is 0.961. The zero-order chi connectivity index (χ0) is 9.26. The van der Waals surface area contributed by atoms with Crippen LogP contribution in [0.15, 0.2) is 35.5 Å². The third-order valence-corrected chi connectivity index (χ3v) is 2.19. The Morgan fingerprint density at radius 1 is 1.31 bits per heavy atom. The van der Waals surface area contributed by atoms with E-state index in [2.05, 4.69) is 25.9 Å². The Bertz CT molecular complexity index is 410. The summed E-state index contributed by atoms with van der Waals surface area (Å²) in [5, 5.41) is 0.489. The van der Waals surface area contributed by atoms with E-state index in [0.717, 1.165) is 10.3 Å². The minimum Gasteiger partial charge on any atom is -0.304 e. The largest absolute Gasteiger partial charge is 0.304 e. The van der Waals surface area contributed by atoms with Crippen LogP contribution in [0.5, 0.6) is 0 Å². The summed E-state index contributed by atoms with van der Waals surface area (Å²) in [6.07, 6.45) is 5.25. The van der Waals surface area contributed by atoms with Crippen molar-refractivity contribution >= 4 is 27.5 Å². The molecule has 0 N–H and O–H groups in total. The third kappa shape index (κ3) is 1.89. The molecule has 2 aromatic rings. The molecule has 3 nitrogen and oxygen atoms in total. The van der Waals surface area contributed by atoms with Crippen molar-refractivity contribution in [2.24, 2.45) is 0 Å². The Kier molecular flexibility index (Phi) is 2.33. The van der Waals surface area contributed by atoms with E-state index < -0.39 is 0 Å². The molecule has 13 heavy (non-hydrogen) atoms. The molecule has 5 heteroatoms. The molecule has 0 aromatic carbocycles. The summed E-state index contributed by atoms with van der Waals surface area (Å²) < 4.78 is 2.65. The van der Waals surface area contributed by atoms with Crippen molar-refractivity contribution in [3.63, 3.8) is 0 Å². The van der Waals surface area contributed by atoms with E-state index in [1.165, 1.54) is 0 Å². The lowest BCUT2D eigenvalue weighted by Gasteiger charge is -1.99. The Hall–Kier alpha value is -0.870. The fourth-order valence-corrected chi connectivity index (χ4v) is 1.38. The molecule has 0 spiro atoms. The van der Waals surface area contributed by atoms with Crippen LogP contribution in [0, 0.1) is 0 Å². The second-order valence-electron chi connectivity index (χ2n) is 2.44. The van der Waals surface area contributed by atoms with Gasteiger partial charge in [-0.3, -0.25) is 0 Å².